The van der Waals surface area contributed by atoms with E-state index in [0.717, 1.165) is 5.69 Å². The summed E-state index contributed by atoms with van der Waals surface area (Å²) in [6.45, 7) is 6.55. The summed E-state index contributed by atoms with van der Waals surface area (Å²) in [6.07, 6.45) is 0. The van der Waals surface area contributed by atoms with Gasteiger partial charge in [0.05, 0.1) is 11.3 Å². The Morgan fingerprint density at radius 3 is 2.86 bits per heavy atom. The number of nitrogens with zero attached hydrogens (tertiary/aromatic N) is 4. The van der Waals surface area contributed by atoms with E-state index in [-0.39, 0.29) is 17.3 Å². The Kier molecular flexibility index (Phi) is 5.23. The van der Waals surface area contributed by atoms with Gasteiger partial charge in [-0.15, -0.1) is 0 Å². The first-order chi connectivity index (χ1) is 13.9. The lowest BCUT2D eigenvalue weighted by Crippen LogP contribution is -2.25. The van der Waals surface area contributed by atoms with Gasteiger partial charge in [-0.2, -0.15) is 4.98 Å². The number of aromatic nitrogens is 5. The van der Waals surface area contributed by atoms with Gasteiger partial charge < -0.3 is 9.51 Å². The van der Waals surface area contributed by atoms with Crippen molar-refractivity contribution in [3.8, 4) is 11.4 Å². The van der Waals surface area contributed by atoms with Crippen molar-refractivity contribution in [2.45, 2.75) is 38.2 Å². The predicted octanol–water partition coefficient (Wildman–Crippen LogP) is 4.17. The molecule has 7 nitrogen and oxygen atoms in total. The molecule has 1 aromatic carbocycles. The zero-order chi connectivity index (χ0) is 20.5. The monoisotopic (exact) mass is 413 g/mol. The largest absolute Gasteiger partial charge is 0.353 e. The normalized spacial score (nSPS) is 11.6. The van der Waals surface area contributed by atoms with Crippen LogP contribution in [0.2, 0.25) is 0 Å². The zero-order valence-electron chi connectivity index (χ0n) is 16.3. The quantitative estimate of drug-likeness (QED) is 0.377. The maximum absolute atomic E-state index is 13.4. The van der Waals surface area contributed by atoms with Crippen LogP contribution in [0.3, 0.4) is 0 Å². The van der Waals surface area contributed by atoms with Crippen molar-refractivity contribution in [1.82, 2.24) is 24.7 Å². The second-order valence-electron chi connectivity index (χ2n) is 7.23. The minimum Gasteiger partial charge on any atom is -0.353 e. The summed E-state index contributed by atoms with van der Waals surface area (Å²) in [5.41, 5.74) is 2.49. The Bertz CT molecular complexity index is 1230. The first kappa shape index (κ1) is 19.4. The molecule has 0 amide bonds. The fourth-order valence-electron chi connectivity index (χ4n) is 3.03. The average molecular weight is 413 g/mol. The molecule has 3 aromatic heterocycles. The maximum atomic E-state index is 13.4. The Hall–Kier alpha value is -2.94. The van der Waals surface area contributed by atoms with Crippen LogP contribution in [0.25, 0.3) is 22.4 Å². The molecular formula is C20H20FN5O2S. The molecule has 0 saturated carbocycles. The fourth-order valence-corrected chi connectivity index (χ4v) is 3.88. The molecule has 0 saturated heterocycles. The molecule has 0 aliphatic carbocycles. The van der Waals surface area contributed by atoms with Gasteiger partial charge in [-0.25, -0.2) is 9.37 Å². The van der Waals surface area contributed by atoms with Crippen LogP contribution in [-0.2, 0) is 12.3 Å². The zero-order valence-corrected chi connectivity index (χ0v) is 17.1. The molecule has 0 bridgehead atoms. The average Bonchev–Trinajstić information content (AvgIpc) is 3.29. The SMILES string of the molecule is Cc1cc2nc(SCc3nc(-c4cccc(F)c4)no3)n(CC(C)C)c(=O)c2[nH]1. The van der Waals surface area contributed by atoms with Gasteiger partial charge in [-0.05, 0) is 31.0 Å². The molecule has 0 aliphatic heterocycles. The number of fused-ring (bicyclic) bond motifs is 1. The standard InChI is InChI=1S/C20H20FN5O2S/c1-11(2)9-26-19(27)17-15(7-12(3)22-17)23-20(26)29-10-16-24-18(25-28-16)13-5-4-6-14(21)8-13/h4-8,11,22H,9-10H2,1-3H3. The molecule has 3 heterocycles. The molecule has 0 radical (unpaired) electrons. The third-order valence-corrected chi connectivity index (χ3v) is 5.22. The molecule has 4 rings (SSSR count). The first-order valence-electron chi connectivity index (χ1n) is 9.22. The highest BCUT2D eigenvalue weighted by Gasteiger charge is 2.16. The van der Waals surface area contributed by atoms with Crippen molar-refractivity contribution in [2.24, 2.45) is 5.92 Å². The molecule has 9 heteroatoms. The number of halogens is 1. The molecule has 150 valence electrons. The lowest BCUT2D eigenvalue weighted by atomic mass is 10.2. The number of H-pyrrole nitrogens is 1. The second-order valence-corrected chi connectivity index (χ2v) is 8.17. The van der Waals surface area contributed by atoms with Crippen LogP contribution in [0.5, 0.6) is 0 Å². The Morgan fingerprint density at radius 2 is 2.10 bits per heavy atom. The van der Waals surface area contributed by atoms with E-state index in [4.69, 9.17) is 4.52 Å². The van der Waals surface area contributed by atoms with E-state index in [1.165, 1.54) is 23.9 Å². The number of rotatable bonds is 6. The minimum atomic E-state index is -0.361. The van der Waals surface area contributed by atoms with Crippen molar-refractivity contribution < 1.29 is 8.91 Å². The van der Waals surface area contributed by atoms with Gasteiger partial charge >= 0.3 is 0 Å². The van der Waals surface area contributed by atoms with Crippen molar-refractivity contribution in [2.75, 3.05) is 0 Å². The molecule has 1 N–H and O–H groups in total. The molecule has 0 atom stereocenters. The second kappa shape index (κ2) is 7.82. The summed E-state index contributed by atoms with van der Waals surface area (Å²) in [5, 5.41) is 4.52. The van der Waals surface area contributed by atoms with Crippen LogP contribution in [0, 0.1) is 18.7 Å². The molecule has 0 fully saturated rings. The van der Waals surface area contributed by atoms with Gasteiger partial charge in [-0.1, -0.05) is 42.9 Å². The van der Waals surface area contributed by atoms with Crippen LogP contribution in [-0.4, -0.2) is 24.7 Å². The van der Waals surface area contributed by atoms with Crippen LogP contribution < -0.4 is 5.56 Å². The Balaban J connectivity index is 1.62. The maximum Gasteiger partial charge on any atom is 0.278 e. The summed E-state index contributed by atoms with van der Waals surface area (Å²) in [7, 11) is 0. The predicted molar refractivity (Wildman–Crippen MR) is 109 cm³/mol. The van der Waals surface area contributed by atoms with Gasteiger partial charge in [0, 0.05) is 17.8 Å². The Labute approximate surface area is 170 Å². The summed E-state index contributed by atoms with van der Waals surface area (Å²) in [5.74, 6) is 0.974. The summed E-state index contributed by atoms with van der Waals surface area (Å²) in [6, 6.07) is 7.88. The number of aromatic amines is 1. The van der Waals surface area contributed by atoms with Crippen molar-refractivity contribution in [1.29, 1.82) is 0 Å². The third kappa shape index (κ3) is 4.09. The van der Waals surface area contributed by atoms with E-state index in [0.29, 0.717) is 45.8 Å². The number of nitrogens with one attached hydrogen (secondary N) is 1. The van der Waals surface area contributed by atoms with E-state index in [2.05, 4.69) is 20.1 Å². The van der Waals surface area contributed by atoms with Crippen LogP contribution in [0.15, 0.2) is 44.8 Å². The third-order valence-electron chi connectivity index (χ3n) is 4.26. The summed E-state index contributed by atoms with van der Waals surface area (Å²) >= 11 is 1.36. The highest BCUT2D eigenvalue weighted by Crippen LogP contribution is 2.24. The van der Waals surface area contributed by atoms with E-state index in [1.54, 1.807) is 16.7 Å². The van der Waals surface area contributed by atoms with Crippen LogP contribution in [0.4, 0.5) is 4.39 Å². The highest BCUT2D eigenvalue weighted by atomic mass is 32.2. The van der Waals surface area contributed by atoms with Crippen LogP contribution in [0.1, 0.15) is 25.4 Å². The topological polar surface area (TPSA) is 89.6 Å². The molecular weight excluding hydrogens is 393 g/mol. The van der Waals surface area contributed by atoms with Crippen molar-refractivity contribution in [3.05, 3.63) is 58.1 Å². The van der Waals surface area contributed by atoms with Crippen molar-refractivity contribution in [3.63, 3.8) is 0 Å². The first-order valence-corrected chi connectivity index (χ1v) is 10.2. The smallest absolute Gasteiger partial charge is 0.278 e. The van der Waals surface area contributed by atoms with E-state index in [9.17, 15) is 9.18 Å². The lowest BCUT2D eigenvalue weighted by Gasteiger charge is -2.13. The molecule has 29 heavy (non-hydrogen) atoms. The minimum absolute atomic E-state index is 0.0923. The van der Waals surface area contributed by atoms with Gasteiger partial charge in [0.2, 0.25) is 11.7 Å². The van der Waals surface area contributed by atoms with Gasteiger partial charge in [0.1, 0.15) is 11.3 Å². The van der Waals surface area contributed by atoms with E-state index >= 15 is 0 Å². The number of aryl methyl sites for hydroxylation is 1. The lowest BCUT2D eigenvalue weighted by molar-refractivity contribution is 0.391. The molecule has 4 aromatic rings. The molecule has 0 aliphatic rings. The molecule has 0 unspecified atom stereocenters. The number of hydrogen-bond donors (Lipinski definition) is 1. The summed E-state index contributed by atoms with van der Waals surface area (Å²) in [4.78, 5) is 25.0. The number of thioether (sulfide) groups is 1. The van der Waals surface area contributed by atoms with E-state index < -0.39 is 0 Å². The number of benzene rings is 1. The molecule has 0 spiro atoms. The highest BCUT2D eigenvalue weighted by molar-refractivity contribution is 7.98. The van der Waals surface area contributed by atoms with Crippen LogP contribution >= 0.6 is 11.8 Å². The van der Waals surface area contributed by atoms with Crippen molar-refractivity contribution >= 4 is 22.8 Å². The van der Waals surface area contributed by atoms with E-state index in [1.807, 2.05) is 26.8 Å². The van der Waals surface area contributed by atoms with Gasteiger partial charge in [0.25, 0.3) is 5.56 Å². The van der Waals surface area contributed by atoms with Gasteiger partial charge in [-0.3, -0.25) is 9.36 Å². The Morgan fingerprint density at radius 1 is 1.28 bits per heavy atom. The fraction of sp³-hybridized carbons (Fsp3) is 0.300. The number of hydrogen-bond acceptors (Lipinski definition) is 6. The summed E-state index contributed by atoms with van der Waals surface area (Å²) < 4.78 is 20.4. The van der Waals surface area contributed by atoms with Gasteiger partial charge in [0.15, 0.2) is 5.16 Å².